The molecule has 0 saturated carbocycles. The smallest absolute Gasteiger partial charge is 0.318 e. The molecule has 6 nitrogen and oxygen atoms in total. The molecule has 130 valence electrons. The van der Waals surface area contributed by atoms with Crippen molar-refractivity contribution >= 4 is 23.2 Å². The molecule has 2 amide bonds. The minimum absolute atomic E-state index is 0.179. The molecule has 7 heteroatoms. The van der Waals surface area contributed by atoms with Crippen molar-refractivity contribution in [3.8, 4) is 0 Å². The highest BCUT2D eigenvalue weighted by molar-refractivity contribution is 7.11. The number of nitrogens with one attached hydrogen (secondary N) is 1. The molecule has 0 aromatic carbocycles. The number of carbonyl (C=O) groups is 2. The Bertz CT molecular complexity index is 540. The fraction of sp³-hybridized carbons (Fsp3) is 0.688. The van der Waals surface area contributed by atoms with Crippen LogP contribution in [0.1, 0.15) is 50.4 Å². The average molecular weight is 341 g/mol. The topological polar surface area (TPSA) is 82.5 Å². The number of Topliss-reactive ketones (excluding diaryl/α,β-unsaturated/α-hetero) is 1. The highest BCUT2D eigenvalue weighted by atomic mass is 32.1. The number of aromatic nitrogens is 1. The predicted octanol–water partition coefficient (Wildman–Crippen LogP) is 2.38. The third-order valence-electron chi connectivity index (χ3n) is 3.44. The van der Waals surface area contributed by atoms with E-state index in [2.05, 4.69) is 24.1 Å². The van der Waals surface area contributed by atoms with E-state index in [4.69, 9.17) is 0 Å². The minimum atomic E-state index is -0.932. The summed E-state index contributed by atoms with van der Waals surface area (Å²) in [7, 11) is 1.66. The molecule has 0 bridgehead atoms. The van der Waals surface area contributed by atoms with Crippen molar-refractivity contribution in [3.63, 3.8) is 0 Å². The number of rotatable bonds is 7. The van der Waals surface area contributed by atoms with Crippen LogP contribution < -0.4 is 5.32 Å². The Morgan fingerprint density at radius 2 is 1.91 bits per heavy atom. The highest BCUT2D eigenvalue weighted by Gasteiger charge is 2.28. The summed E-state index contributed by atoms with van der Waals surface area (Å²) >= 11 is 1.57. The molecular weight excluding hydrogens is 314 g/mol. The van der Waals surface area contributed by atoms with Crippen LogP contribution in [0.5, 0.6) is 0 Å². The van der Waals surface area contributed by atoms with E-state index in [-0.39, 0.29) is 17.7 Å². The maximum atomic E-state index is 12.3. The van der Waals surface area contributed by atoms with Gasteiger partial charge in [-0.1, -0.05) is 27.7 Å². The summed E-state index contributed by atoms with van der Waals surface area (Å²) in [6, 6.07) is -1.28. The zero-order valence-corrected chi connectivity index (χ0v) is 15.5. The summed E-state index contributed by atoms with van der Waals surface area (Å²) in [4.78, 5) is 31.1. The average Bonchev–Trinajstić information content (AvgIpc) is 2.91. The van der Waals surface area contributed by atoms with Crippen LogP contribution >= 0.6 is 11.3 Å². The first kappa shape index (κ1) is 19.6. The summed E-state index contributed by atoms with van der Waals surface area (Å²) in [5, 5.41) is 13.4. The first-order valence-corrected chi connectivity index (χ1v) is 8.63. The monoisotopic (exact) mass is 341 g/mol. The molecule has 2 atom stereocenters. The Balaban J connectivity index is 2.69. The van der Waals surface area contributed by atoms with E-state index in [1.165, 1.54) is 11.8 Å². The Kier molecular flexibility index (Phi) is 7.15. The van der Waals surface area contributed by atoms with Gasteiger partial charge in [-0.2, -0.15) is 0 Å². The van der Waals surface area contributed by atoms with Crippen LogP contribution in [-0.2, 0) is 11.3 Å². The highest BCUT2D eigenvalue weighted by Crippen LogP contribution is 2.21. The molecule has 1 aromatic heterocycles. The number of hydrogen-bond acceptors (Lipinski definition) is 5. The van der Waals surface area contributed by atoms with Gasteiger partial charge in [0.15, 0.2) is 5.78 Å². The molecule has 2 unspecified atom stereocenters. The summed E-state index contributed by atoms with van der Waals surface area (Å²) in [5.41, 5.74) is 0. The molecule has 0 aliphatic carbocycles. The first-order valence-electron chi connectivity index (χ1n) is 7.81. The van der Waals surface area contributed by atoms with Gasteiger partial charge in [0.2, 0.25) is 0 Å². The van der Waals surface area contributed by atoms with Crippen LogP contribution in [0.4, 0.5) is 4.79 Å². The summed E-state index contributed by atoms with van der Waals surface area (Å²) in [5.74, 6) is -0.0758. The van der Waals surface area contributed by atoms with E-state index in [0.717, 1.165) is 9.88 Å². The lowest BCUT2D eigenvalue weighted by molar-refractivity contribution is -0.126. The third-order valence-corrected chi connectivity index (χ3v) is 4.72. The zero-order valence-electron chi connectivity index (χ0n) is 14.7. The van der Waals surface area contributed by atoms with Gasteiger partial charge in [-0.15, -0.1) is 11.3 Å². The van der Waals surface area contributed by atoms with Crippen molar-refractivity contribution in [1.82, 2.24) is 15.2 Å². The van der Waals surface area contributed by atoms with Gasteiger partial charge in [0, 0.05) is 30.0 Å². The van der Waals surface area contributed by atoms with Gasteiger partial charge in [0.25, 0.3) is 0 Å². The van der Waals surface area contributed by atoms with Gasteiger partial charge in [-0.25, -0.2) is 9.78 Å². The molecule has 0 saturated heterocycles. The van der Waals surface area contributed by atoms with Gasteiger partial charge < -0.3 is 15.3 Å². The van der Waals surface area contributed by atoms with Gasteiger partial charge >= 0.3 is 6.03 Å². The van der Waals surface area contributed by atoms with Crippen molar-refractivity contribution in [2.45, 2.75) is 59.2 Å². The second kappa shape index (κ2) is 8.40. The van der Waals surface area contributed by atoms with Gasteiger partial charge in [-0.3, -0.25) is 4.79 Å². The van der Waals surface area contributed by atoms with Gasteiger partial charge in [0.05, 0.1) is 17.7 Å². The van der Waals surface area contributed by atoms with Crippen LogP contribution in [0.3, 0.4) is 0 Å². The number of urea groups is 1. The summed E-state index contributed by atoms with van der Waals surface area (Å²) < 4.78 is 0. The number of carbonyl (C=O) groups excluding carboxylic acids is 2. The maximum absolute atomic E-state index is 12.3. The van der Waals surface area contributed by atoms with E-state index in [0.29, 0.717) is 12.5 Å². The van der Waals surface area contributed by atoms with E-state index in [9.17, 15) is 14.7 Å². The van der Waals surface area contributed by atoms with E-state index in [1.54, 1.807) is 38.4 Å². The van der Waals surface area contributed by atoms with Crippen LogP contribution in [0.15, 0.2) is 6.20 Å². The fourth-order valence-corrected chi connectivity index (χ4v) is 2.97. The molecule has 0 radical (unpaired) electrons. The predicted molar refractivity (Wildman–Crippen MR) is 91.5 cm³/mol. The number of amides is 2. The lowest BCUT2D eigenvalue weighted by Crippen LogP contribution is -2.52. The molecule has 1 heterocycles. The van der Waals surface area contributed by atoms with Crippen LogP contribution in [0, 0.1) is 5.92 Å². The Morgan fingerprint density at radius 3 is 2.35 bits per heavy atom. The van der Waals surface area contributed by atoms with Crippen molar-refractivity contribution < 1.29 is 14.7 Å². The zero-order chi connectivity index (χ0) is 17.7. The second-order valence-electron chi connectivity index (χ2n) is 6.40. The maximum Gasteiger partial charge on any atom is 0.318 e. The van der Waals surface area contributed by atoms with Gasteiger partial charge in [-0.05, 0) is 6.92 Å². The molecule has 1 rings (SSSR count). The van der Waals surface area contributed by atoms with Crippen LogP contribution in [0.2, 0.25) is 0 Å². The number of aliphatic hydroxyl groups excluding tert-OH is 1. The number of nitrogens with zero attached hydrogens (tertiary/aromatic N) is 2. The molecule has 0 fully saturated rings. The standard InChI is InChI=1S/C16H27N3O3S/c1-9(2)14(21)13(11(5)20)18-16(22)19(6)8-12-7-17-15(23-12)10(3)4/h7,9-11,13,20H,8H2,1-6H3,(H,18,22). The Morgan fingerprint density at radius 1 is 1.30 bits per heavy atom. The lowest BCUT2D eigenvalue weighted by atomic mass is 9.98. The molecule has 0 aliphatic rings. The Hall–Kier alpha value is -1.47. The molecule has 23 heavy (non-hydrogen) atoms. The molecule has 0 aliphatic heterocycles. The largest absolute Gasteiger partial charge is 0.391 e. The van der Waals surface area contributed by atoms with Crippen molar-refractivity contribution in [3.05, 3.63) is 16.1 Å². The number of aliphatic hydroxyl groups is 1. The third kappa shape index (κ3) is 5.58. The van der Waals surface area contributed by atoms with Crippen molar-refractivity contribution in [2.75, 3.05) is 7.05 Å². The lowest BCUT2D eigenvalue weighted by Gasteiger charge is -2.25. The van der Waals surface area contributed by atoms with E-state index < -0.39 is 12.1 Å². The van der Waals surface area contributed by atoms with E-state index in [1.807, 2.05) is 0 Å². The fourth-order valence-electron chi connectivity index (χ4n) is 2.00. The SMILES string of the molecule is CC(C)C(=O)C(NC(=O)N(C)Cc1cnc(C(C)C)s1)C(C)O. The van der Waals surface area contributed by atoms with Gasteiger partial charge in [0.1, 0.15) is 6.04 Å². The Labute approximate surface area is 141 Å². The molecule has 0 spiro atoms. The number of hydrogen-bond donors (Lipinski definition) is 2. The molecule has 2 N–H and O–H groups in total. The molecular formula is C16H27N3O3S. The summed E-state index contributed by atoms with van der Waals surface area (Å²) in [6.45, 7) is 9.56. The first-order chi connectivity index (χ1) is 10.6. The normalized spacial score (nSPS) is 14.0. The van der Waals surface area contributed by atoms with Crippen molar-refractivity contribution in [2.24, 2.45) is 5.92 Å². The van der Waals surface area contributed by atoms with Crippen LogP contribution in [0.25, 0.3) is 0 Å². The number of thiazole rings is 1. The minimum Gasteiger partial charge on any atom is -0.391 e. The van der Waals surface area contributed by atoms with E-state index >= 15 is 0 Å². The molecule has 1 aromatic rings. The quantitative estimate of drug-likeness (QED) is 0.798. The van der Waals surface area contributed by atoms with Crippen LogP contribution in [-0.4, -0.2) is 46.0 Å². The number of ketones is 1. The second-order valence-corrected chi connectivity index (χ2v) is 7.55. The summed E-state index contributed by atoms with van der Waals surface area (Å²) in [6.07, 6.45) is 0.841. The van der Waals surface area contributed by atoms with Crippen molar-refractivity contribution in [1.29, 1.82) is 0 Å².